The van der Waals surface area contributed by atoms with Crippen LogP contribution in [-0.2, 0) is 14.8 Å². The normalized spacial score (nSPS) is 16.4. The molecule has 10 heteroatoms. The molecule has 0 spiro atoms. The lowest BCUT2D eigenvalue weighted by atomic mass is 10.1. The van der Waals surface area contributed by atoms with Gasteiger partial charge in [-0.15, -0.1) is 12.4 Å². The highest BCUT2D eigenvalue weighted by molar-refractivity contribution is 7.89. The maximum absolute atomic E-state index is 12.4. The minimum Gasteiger partial charge on any atom is -0.490 e. The monoisotopic (exact) mass is 431 g/mol. The molecule has 0 aliphatic carbocycles. The minimum absolute atomic E-state index is 0. The van der Waals surface area contributed by atoms with E-state index in [1.165, 1.54) is 17.7 Å². The van der Waals surface area contributed by atoms with Crippen LogP contribution in [0, 0.1) is 0 Å². The molecule has 3 rings (SSSR count). The summed E-state index contributed by atoms with van der Waals surface area (Å²) in [5.74, 6) is 0.775. The van der Waals surface area contributed by atoms with Crippen molar-refractivity contribution in [3.05, 3.63) is 29.8 Å². The van der Waals surface area contributed by atoms with Gasteiger partial charge in [-0.2, -0.15) is 0 Å². The van der Waals surface area contributed by atoms with Gasteiger partial charge in [-0.1, -0.05) is 11.6 Å². The first kappa shape index (κ1) is 22.5. The molecule has 3 N–H and O–H groups in total. The van der Waals surface area contributed by atoms with Gasteiger partial charge in [0.15, 0.2) is 11.5 Å². The summed E-state index contributed by atoms with van der Waals surface area (Å²) in [4.78, 5) is 12.0. The quantitative estimate of drug-likeness (QED) is 0.555. The number of hydrogen-bond donors (Lipinski definition) is 3. The van der Waals surface area contributed by atoms with E-state index in [9.17, 15) is 13.2 Å². The van der Waals surface area contributed by atoms with Crippen molar-refractivity contribution in [1.82, 2.24) is 15.4 Å². The molecule has 0 saturated carbocycles. The van der Waals surface area contributed by atoms with Crippen molar-refractivity contribution in [3.8, 4) is 11.5 Å². The molecule has 0 atom stereocenters. The number of carbonyl (C=O) groups excluding carboxylic acids is 1. The summed E-state index contributed by atoms with van der Waals surface area (Å²) >= 11 is 0. The molecule has 0 saturated heterocycles. The van der Waals surface area contributed by atoms with Gasteiger partial charge < -0.3 is 20.1 Å². The third-order valence-electron chi connectivity index (χ3n) is 4.34. The van der Waals surface area contributed by atoms with Gasteiger partial charge in [-0.3, -0.25) is 4.79 Å². The van der Waals surface area contributed by atoms with E-state index in [4.69, 9.17) is 9.47 Å². The third kappa shape index (κ3) is 6.37. The standard InChI is InChI=1S/C18H25N3O5S.ClH/c22-18(20-13-14-4-7-19-8-5-14)6-9-21-27(23,24)15-2-3-16-17(12-15)26-11-1-10-25-16;/h2-4,12,19,21H,1,5-11,13H2,(H,20,22);1H. The van der Waals surface area contributed by atoms with E-state index in [0.29, 0.717) is 31.3 Å². The van der Waals surface area contributed by atoms with Crippen LogP contribution in [0.25, 0.3) is 0 Å². The second-order valence-corrected chi connectivity index (χ2v) is 8.17. The first-order chi connectivity index (χ1) is 13.0. The average molecular weight is 432 g/mol. The molecule has 0 fully saturated rings. The van der Waals surface area contributed by atoms with Crippen LogP contribution < -0.4 is 24.8 Å². The number of ether oxygens (including phenoxy) is 2. The van der Waals surface area contributed by atoms with E-state index in [0.717, 1.165) is 25.9 Å². The van der Waals surface area contributed by atoms with Crippen LogP contribution in [-0.4, -0.2) is 53.7 Å². The first-order valence-electron chi connectivity index (χ1n) is 9.09. The number of benzene rings is 1. The number of sulfonamides is 1. The lowest BCUT2D eigenvalue weighted by molar-refractivity contribution is -0.120. The first-order valence-corrected chi connectivity index (χ1v) is 10.6. The summed E-state index contributed by atoms with van der Waals surface area (Å²) in [7, 11) is -3.72. The molecule has 156 valence electrons. The zero-order chi connectivity index (χ0) is 19.1. The number of rotatable bonds is 7. The van der Waals surface area contributed by atoms with Gasteiger partial charge in [0.1, 0.15) is 0 Å². The molecule has 28 heavy (non-hydrogen) atoms. The second-order valence-electron chi connectivity index (χ2n) is 6.40. The van der Waals surface area contributed by atoms with Gasteiger partial charge in [0.2, 0.25) is 15.9 Å². The molecule has 1 aromatic rings. The molecular formula is C18H26ClN3O5S. The zero-order valence-corrected chi connectivity index (χ0v) is 17.2. The summed E-state index contributed by atoms with van der Waals surface area (Å²) in [5, 5.41) is 6.03. The maximum Gasteiger partial charge on any atom is 0.240 e. The fourth-order valence-electron chi connectivity index (χ4n) is 2.82. The van der Waals surface area contributed by atoms with Crippen LogP contribution in [0.5, 0.6) is 11.5 Å². The molecule has 2 aliphatic rings. The highest BCUT2D eigenvalue weighted by atomic mass is 35.5. The third-order valence-corrected chi connectivity index (χ3v) is 5.80. The number of amides is 1. The van der Waals surface area contributed by atoms with E-state index >= 15 is 0 Å². The predicted molar refractivity (Wildman–Crippen MR) is 108 cm³/mol. The Labute approximate surface area is 171 Å². The molecule has 2 aliphatic heterocycles. The van der Waals surface area contributed by atoms with Gasteiger partial charge in [0.25, 0.3) is 0 Å². The Balaban J connectivity index is 0.00000280. The van der Waals surface area contributed by atoms with Gasteiger partial charge in [0, 0.05) is 38.5 Å². The molecule has 0 radical (unpaired) electrons. The largest absolute Gasteiger partial charge is 0.490 e. The SMILES string of the molecule is Cl.O=C(CCNS(=O)(=O)c1ccc2c(c1)OCCCO2)NCC1=CCNCC1. The van der Waals surface area contributed by atoms with Crippen molar-refractivity contribution >= 4 is 28.3 Å². The van der Waals surface area contributed by atoms with Crippen LogP contribution in [0.1, 0.15) is 19.3 Å². The summed E-state index contributed by atoms with van der Waals surface area (Å²) in [5.41, 5.74) is 1.19. The summed E-state index contributed by atoms with van der Waals surface area (Å²) in [6.07, 6.45) is 3.81. The lowest BCUT2D eigenvalue weighted by Gasteiger charge is -2.14. The van der Waals surface area contributed by atoms with E-state index in [1.807, 2.05) is 0 Å². The molecule has 0 aromatic heterocycles. The fourth-order valence-corrected chi connectivity index (χ4v) is 3.87. The van der Waals surface area contributed by atoms with Gasteiger partial charge in [0.05, 0.1) is 18.1 Å². The predicted octanol–water partition coefficient (Wildman–Crippen LogP) is 0.974. The number of nitrogens with one attached hydrogen (secondary N) is 3. The average Bonchev–Trinajstić information content (AvgIpc) is 2.92. The lowest BCUT2D eigenvalue weighted by Crippen LogP contribution is -2.33. The van der Waals surface area contributed by atoms with E-state index < -0.39 is 10.0 Å². The van der Waals surface area contributed by atoms with E-state index in [2.05, 4.69) is 21.4 Å². The van der Waals surface area contributed by atoms with Gasteiger partial charge in [-0.05, 0) is 25.1 Å². The topological polar surface area (TPSA) is 106 Å². The van der Waals surface area contributed by atoms with Crippen molar-refractivity contribution < 1.29 is 22.7 Å². The Morgan fingerprint density at radius 3 is 2.71 bits per heavy atom. The number of carbonyl (C=O) groups is 1. The van der Waals surface area contributed by atoms with Crippen molar-refractivity contribution in [2.24, 2.45) is 0 Å². The van der Waals surface area contributed by atoms with Crippen molar-refractivity contribution in [3.63, 3.8) is 0 Å². The van der Waals surface area contributed by atoms with Gasteiger partial charge >= 0.3 is 0 Å². The molecular weight excluding hydrogens is 406 g/mol. The van der Waals surface area contributed by atoms with Crippen LogP contribution in [0.2, 0.25) is 0 Å². The van der Waals surface area contributed by atoms with Crippen LogP contribution in [0.15, 0.2) is 34.7 Å². The molecule has 1 aromatic carbocycles. The highest BCUT2D eigenvalue weighted by Crippen LogP contribution is 2.31. The Morgan fingerprint density at radius 1 is 1.18 bits per heavy atom. The van der Waals surface area contributed by atoms with Crippen LogP contribution in [0.3, 0.4) is 0 Å². The zero-order valence-electron chi connectivity index (χ0n) is 15.5. The summed E-state index contributed by atoms with van der Waals surface area (Å²) < 4.78 is 38.4. The summed E-state index contributed by atoms with van der Waals surface area (Å²) in [6.45, 7) is 3.30. The molecule has 1 amide bonds. The molecule has 0 bridgehead atoms. The minimum atomic E-state index is -3.72. The summed E-state index contributed by atoms with van der Waals surface area (Å²) in [6, 6.07) is 4.51. The van der Waals surface area contributed by atoms with Crippen LogP contribution >= 0.6 is 12.4 Å². The fraction of sp³-hybridized carbons (Fsp3) is 0.500. The Hall–Kier alpha value is -1.81. The van der Waals surface area contributed by atoms with Crippen molar-refractivity contribution in [1.29, 1.82) is 0 Å². The Kier molecular flexibility index (Phi) is 8.56. The number of fused-ring (bicyclic) bond motifs is 1. The van der Waals surface area contributed by atoms with Crippen molar-refractivity contribution in [2.75, 3.05) is 39.4 Å². The number of halogens is 1. The molecule has 0 unspecified atom stereocenters. The van der Waals surface area contributed by atoms with E-state index in [-0.39, 0.29) is 36.2 Å². The highest BCUT2D eigenvalue weighted by Gasteiger charge is 2.19. The smallest absolute Gasteiger partial charge is 0.240 e. The van der Waals surface area contributed by atoms with Crippen LogP contribution in [0.4, 0.5) is 0 Å². The number of hydrogen-bond acceptors (Lipinski definition) is 6. The van der Waals surface area contributed by atoms with E-state index in [1.54, 1.807) is 6.07 Å². The van der Waals surface area contributed by atoms with Crippen molar-refractivity contribution in [2.45, 2.75) is 24.2 Å². The molecule has 2 heterocycles. The maximum atomic E-state index is 12.4. The van der Waals surface area contributed by atoms with Gasteiger partial charge in [-0.25, -0.2) is 13.1 Å². The Bertz CT molecular complexity index is 813. The molecule has 8 nitrogen and oxygen atoms in total. The Morgan fingerprint density at radius 2 is 1.96 bits per heavy atom. The second kappa shape index (κ2) is 10.7.